The summed E-state index contributed by atoms with van der Waals surface area (Å²) in [7, 11) is 0. The average molecular weight is 351 g/mol. The molecule has 2 unspecified atom stereocenters. The molecular formula is C16H19ClN4O3. The van der Waals surface area contributed by atoms with Crippen molar-refractivity contribution >= 4 is 34.4 Å². The molecule has 0 spiro atoms. The fraction of sp³-hybridized carbons (Fsp3) is 0.562. The van der Waals surface area contributed by atoms with Crippen LogP contribution in [0.15, 0.2) is 12.3 Å². The Morgan fingerprint density at radius 1 is 1.42 bits per heavy atom. The zero-order valence-electron chi connectivity index (χ0n) is 13.4. The fourth-order valence-electron chi connectivity index (χ4n) is 3.23. The summed E-state index contributed by atoms with van der Waals surface area (Å²) in [4.78, 5) is 17.9. The van der Waals surface area contributed by atoms with E-state index in [1.165, 1.54) is 0 Å². The van der Waals surface area contributed by atoms with Crippen molar-refractivity contribution in [1.82, 2.24) is 14.8 Å². The van der Waals surface area contributed by atoms with E-state index < -0.39 is 0 Å². The molecule has 2 atom stereocenters. The Labute approximate surface area is 144 Å². The summed E-state index contributed by atoms with van der Waals surface area (Å²) in [5.41, 5.74) is 0.824. The normalized spacial score (nSPS) is 24.6. The number of cyclic esters (lactones) is 1. The number of carbonyl (C=O) groups excluding carboxylic acids is 1. The molecule has 7 nitrogen and oxygen atoms in total. The van der Waals surface area contributed by atoms with E-state index >= 15 is 0 Å². The summed E-state index contributed by atoms with van der Waals surface area (Å²) in [5.74, 6) is 0.560. The number of pyridine rings is 1. The predicted molar refractivity (Wildman–Crippen MR) is 89.3 cm³/mol. The van der Waals surface area contributed by atoms with Crippen LogP contribution in [-0.4, -0.2) is 40.1 Å². The van der Waals surface area contributed by atoms with Gasteiger partial charge in [0.1, 0.15) is 11.3 Å². The standard InChI is InChI=1S/C16H19ClN4O3/c1-2-10-9-20(16(22)24-10)15-11-8-18-13(17)7-12(11)21(19-15)14-5-3-4-6-23-14/h7-8,10,14H,2-6,9H2,1H3. The highest BCUT2D eigenvalue weighted by atomic mass is 35.5. The van der Waals surface area contributed by atoms with E-state index in [1.807, 2.05) is 11.6 Å². The molecule has 8 heteroatoms. The van der Waals surface area contributed by atoms with Crippen molar-refractivity contribution in [2.75, 3.05) is 18.1 Å². The van der Waals surface area contributed by atoms with Gasteiger partial charge in [0, 0.05) is 18.9 Å². The number of hydrogen-bond donors (Lipinski definition) is 0. The Kier molecular flexibility index (Phi) is 4.05. The van der Waals surface area contributed by atoms with Gasteiger partial charge in [0.2, 0.25) is 0 Å². The molecule has 2 aromatic heterocycles. The quantitative estimate of drug-likeness (QED) is 0.792. The fourth-order valence-corrected chi connectivity index (χ4v) is 3.39. The molecule has 128 valence electrons. The third-order valence-corrected chi connectivity index (χ3v) is 4.76. The zero-order chi connectivity index (χ0) is 16.7. The van der Waals surface area contributed by atoms with Crippen LogP contribution in [0.5, 0.6) is 0 Å². The number of nitrogens with zero attached hydrogens (tertiary/aromatic N) is 4. The molecule has 2 aromatic rings. The largest absolute Gasteiger partial charge is 0.444 e. The van der Waals surface area contributed by atoms with E-state index in [9.17, 15) is 4.79 Å². The smallest absolute Gasteiger partial charge is 0.416 e. The number of anilines is 1. The molecule has 0 bridgehead atoms. The van der Waals surface area contributed by atoms with Crippen LogP contribution in [0.25, 0.3) is 10.9 Å². The van der Waals surface area contributed by atoms with Gasteiger partial charge in [-0.1, -0.05) is 18.5 Å². The van der Waals surface area contributed by atoms with E-state index in [2.05, 4.69) is 10.1 Å². The number of hydrogen-bond acceptors (Lipinski definition) is 5. The highest BCUT2D eigenvalue weighted by Crippen LogP contribution is 2.34. The topological polar surface area (TPSA) is 69.5 Å². The molecule has 1 amide bonds. The number of halogens is 1. The first-order valence-corrected chi connectivity index (χ1v) is 8.68. The maximum Gasteiger partial charge on any atom is 0.416 e. The molecular weight excluding hydrogens is 332 g/mol. The number of carbonyl (C=O) groups is 1. The lowest BCUT2D eigenvalue weighted by molar-refractivity contribution is -0.0365. The molecule has 0 radical (unpaired) electrons. The summed E-state index contributed by atoms with van der Waals surface area (Å²) in [5, 5.41) is 5.84. The van der Waals surface area contributed by atoms with Gasteiger partial charge in [-0.2, -0.15) is 5.10 Å². The van der Waals surface area contributed by atoms with Gasteiger partial charge in [-0.3, -0.25) is 4.90 Å². The van der Waals surface area contributed by atoms with Crippen molar-refractivity contribution in [2.24, 2.45) is 0 Å². The molecule has 2 aliphatic heterocycles. The maximum absolute atomic E-state index is 12.2. The Morgan fingerprint density at radius 2 is 2.29 bits per heavy atom. The average Bonchev–Trinajstić information content (AvgIpc) is 3.15. The number of rotatable bonds is 3. The van der Waals surface area contributed by atoms with Crippen LogP contribution < -0.4 is 4.90 Å². The summed E-state index contributed by atoms with van der Waals surface area (Å²) in [6.07, 6.45) is 4.84. The van der Waals surface area contributed by atoms with Crippen molar-refractivity contribution in [1.29, 1.82) is 0 Å². The summed E-state index contributed by atoms with van der Waals surface area (Å²) >= 11 is 6.07. The van der Waals surface area contributed by atoms with Crippen molar-refractivity contribution in [3.63, 3.8) is 0 Å². The van der Waals surface area contributed by atoms with Gasteiger partial charge in [0.25, 0.3) is 0 Å². The van der Waals surface area contributed by atoms with Crippen LogP contribution in [0.1, 0.15) is 38.8 Å². The molecule has 4 heterocycles. The van der Waals surface area contributed by atoms with E-state index in [0.29, 0.717) is 24.1 Å². The van der Waals surface area contributed by atoms with Crippen LogP contribution in [0.2, 0.25) is 5.15 Å². The number of fused-ring (bicyclic) bond motifs is 1. The van der Waals surface area contributed by atoms with Gasteiger partial charge in [-0.05, 0) is 25.7 Å². The van der Waals surface area contributed by atoms with Gasteiger partial charge in [-0.25, -0.2) is 14.5 Å². The number of aromatic nitrogens is 3. The van der Waals surface area contributed by atoms with Crippen LogP contribution in [0.3, 0.4) is 0 Å². The van der Waals surface area contributed by atoms with Gasteiger partial charge in [0.05, 0.1) is 17.4 Å². The minimum atomic E-state index is -0.368. The predicted octanol–water partition coefficient (Wildman–Crippen LogP) is 3.52. The van der Waals surface area contributed by atoms with Crippen LogP contribution in [-0.2, 0) is 9.47 Å². The van der Waals surface area contributed by atoms with Gasteiger partial charge in [0.15, 0.2) is 12.0 Å². The summed E-state index contributed by atoms with van der Waals surface area (Å²) in [6.45, 7) is 3.20. The molecule has 2 aliphatic rings. The van der Waals surface area contributed by atoms with Crippen LogP contribution in [0, 0.1) is 0 Å². The summed E-state index contributed by atoms with van der Waals surface area (Å²) in [6, 6.07) is 1.77. The molecule has 2 saturated heterocycles. The maximum atomic E-state index is 12.2. The number of ether oxygens (including phenoxy) is 2. The second kappa shape index (κ2) is 6.22. The zero-order valence-corrected chi connectivity index (χ0v) is 14.2. The lowest BCUT2D eigenvalue weighted by atomic mass is 10.2. The first-order valence-electron chi connectivity index (χ1n) is 8.31. The van der Waals surface area contributed by atoms with E-state index in [4.69, 9.17) is 21.1 Å². The van der Waals surface area contributed by atoms with Crippen molar-refractivity contribution in [3.05, 3.63) is 17.4 Å². The Balaban J connectivity index is 1.80. The first kappa shape index (κ1) is 15.7. The highest BCUT2D eigenvalue weighted by molar-refractivity contribution is 6.30. The minimum Gasteiger partial charge on any atom is -0.444 e. The first-order chi connectivity index (χ1) is 11.7. The number of amides is 1. The van der Waals surface area contributed by atoms with E-state index in [0.717, 1.165) is 36.6 Å². The van der Waals surface area contributed by atoms with Gasteiger partial charge in [-0.15, -0.1) is 0 Å². The molecule has 0 N–H and O–H groups in total. The Hall–Kier alpha value is -1.86. The van der Waals surface area contributed by atoms with Gasteiger partial charge < -0.3 is 9.47 Å². The third-order valence-electron chi connectivity index (χ3n) is 4.55. The Morgan fingerprint density at radius 3 is 3.00 bits per heavy atom. The second-order valence-corrected chi connectivity index (χ2v) is 6.53. The molecule has 4 rings (SSSR count). The SMILES string of the molecule is CCC1CN(c2nn(C3CCCCO3)c3cc(Cl)ncc23)C(=O)O1. The Bertz CT molecular complexity index is 772. The van der Waals surface area contributed by atoms with Crippen LogP contribution in [0.4, 0.5) is 10.6 Å². The van der Waals surface area contributed by atoms with Crippen molar-refractivity contribution in [2.45, 2.75) is 44.9 Å². The van der Waals surface area contributed by atoms with Crippen molar-refractivity contribution in [3.8, 4) is 0 Å². The minimum absolute atomic E-state index is 0.108. The highest BCUT2D eigenvalue weighted by Gasteiger charge is 2.35. The summed E-state index contributed by atoms with van der Waals surface area (Å²) < 4.78 is 13.0. The van der Waals surface area contributed by atoms with Crippen molar-refractivity contribution < 1.29 is 14.3 Å². The van der Waals surface area contributed by atoms with Crippen LogP contribution >= 0.6 is 11.6 Å². The monoisotopic (exact) mass is 350 g/mol. The van der Waals surface area contributed by atoms with E-state index in [-0.39, 0.29) is 18.4 Å². The third kappa shape index (κ3) is 2.61. The second-order valence-electron chi connectivity index (χ2n) is 6.14. The lowest BCUT2D eigenvalue weighted by Crippen LogP contribution is -2.26. The lowest BCUT2D eigenvalue weighted by Gasteiger charge is -2.23. The molecule has 2 fully saturated rings. The molecule has 0 aliphatic carbocycles. The molecule has 24 heavy (non-hydrogen) atoms. The van der Waals surface area contributed by atoms with E-state index in [1.54, 1.807) is 17.2 Å². The molecule has 0 saturated carbocycles. The van der Waals surface area contributed by atoms with Gasteiger partial charge >= 0.3 is 6.09 Å². The molecule has 0 aromatic carbocycles.